The van der Waals surface area contributed by atoms with E-state index in [-0.39, 0.29) is 11.6 Å². The third kappa shape index (κ3) is 3.50. The van der Waals surface area contributed by atoms with Crippen LogP contribution in [-0.4, -0.2) is 30.0 Å². The van der Waals surface area contributed by atoms with Crippen LogP contribution < -0.4 is 9.54 Å². The van der Waals surface area contributed by atoms with Crippen LogP contribution in [0.25, 0.3) is 11.3 Å². The Morgan fingerprint density at radius 1 is 1.28 bits per heavy atom. The zero-order valence-electron chi connectivity index (χ0n) is 13.4. The van der Waals surface area contributed by atoms with E-state index in [9.17, 15) is 10.1 Å². The fraction of sp³-hybridized carbons (Fsp3) is 0.125. The number of methoxy groups -OCH3 is 1. The molecule has 1 aromatic carbocycles. The third-order valence-electron chi connectivity index (χ3n) is 3.36. The summed E-state index contributed by atoms with van der Waals surface area (Å²) in [5, 5.41) is 17.0. The molecule has 0 aliphatic carbocycles. The lowest BCUT2D eigenvalue weighted by Crippen LogP contribution is -2.11. The van der Waals surface area contributed by atoms with Crippen LogP contribution in [-0.2, 0) is 0 Å². The highest BCUT2D eigenvalue weighted by Gasteiger charge is 2.11. The lowest BCUT2D eigenvalue weighted by Gasteiger charge is -2.04. The molecule has 0 atom stereocenters. The van der Waals surface area contributed by atoms with Gasteiger partial charge in [-0.15, -0.1) is 11.3 Å². The largest absolute Gasteiger partial charge is 0.497 e. The number of aromatic nitrogens is 1. The Labute approximate surface area is 146 Å². The van der Waals surface area contributed by atoms with Gasteiger partial charge >= 0.3 is 5.88 Å². The van der Waals surface area contributed by atoms with Gasteiger partial charge in [0.2, 0.25) is 4.80 Å². The number of ether oxygens (including phenoxy) is 1. The minimum atomic E-state index is -0.593. The van der Waals surface area contributed by atoms with E-state index in [1.54, 1.807) is 18.8 Å². The number of rotatable bonds is 5. The maximum Gasteiger partial charge on any atom is 0.433 e. The van der Waals surface area contributed by atoms with Crippen LogP contribution in [0.4, 0.5) is 5.88 Å². The van der Waals surface area contributed by atoms with Crippen molar-refractivity contribution >= 4 is 23.4 Å². The van der Waals surface area contributed by atoms with Crippen molar-refractivity contribution in [2.24, 2.45) is 10.1 Å². The predicted octanol–water partition coefficient (Wildman–Crippen LogP) is 3.14. The monoisotopic (exact) mass is 358 g/mol. The molecule has 0 spiro atoms. The van der Waals surface area contributed by atoms with Crippen molar-refractivity contribution in [2.45, 2.75) is 0 Å². The summed E-state index contributed by atoms with van der Waals surface area (Å²) < 4.78 is 11.9. The van der Waals surface area contributed by atoms with E-state index in [2.05, 4.69) is 10.1 Å². The SMILES string of the molecule is CN=c1scc(-c2ccc(OC)cc2)n1/N=C\c1ccc([N+](=O)[O-])o1. The highest BCUT2D eigenvalue weighted by atomic mass is 32.1. The van der Waals surface area contributed by atoms with Crippen molar-refractivity contribution in [2.75, 3.05) is 14.2 Å². The van der Waals surface area contributed by atoms with Crippen molar-refractivity contribution < 1.29 is 14.1 Å². The Morgan fingerprint density at radius 3 is 2.64 bits per heavy atom. The highest BCUT2D eigenvalue weighted by Crippen LogP contribution is 2.23. The van der Waals surface area contributed by atoms with Gasteiger partial charge < -0.3 is 9.15 Å². The summed E-state index contributed by atoms with van der Waals surface area (Å²) in [6.45, 7) is 0. The molecule has 25 heavy (non-hydrogen) atoms. The van der Waals surface area contributed by atoms with Crippen molar-refractivity contribution in [1.82, 2.24) is 4.68 Å². The Kier molecular flexibility index (Phi) is 4.75. The van der Waals surface area contributed by atoms with Crippen molar-refractivity contribution in [3.8, 4) is 17.0 Å². The molecule has 0 fully saturated rings. The second kappa shape index (κ2) is 7.14. The van der Waals surface area contributed by atoms with Gasteiger partial charge in [-0.2, -0.15) is 5.10 Å². The van der Waals surface area contributed by atoms with E-state index in [0.717, 1.165) is 17.0 Å². The molecule has 0 bridgehead atoms. The molecule has 0 radical (unpaired) electrons. The number of nitro groups is 1. The lowest BCUT2D eigenvalue weighted by molar-refractivity contribution is -0.402. The van der Waals surface area contributed by atoms with Gasteiger partial charge in [-0.1, -0.05) is 0 Å². The summed E-state index contributed by atoms with van der Waals surface area (Å²) in [4.78, 5) is 15.0. The molecule has 0 unspecified atom stereocenters. The maximum absolute atomic E-state index is 10.7. The van der Waals surface area contributed by atoms with Crippen molar-refractivity contribution in [3.63, 3.8) is 0 Å². The first-order chi connectivity index (χ1) is 12.1. The fourth-order valence-electron chi connectivity index (χ4n) is 2.15. The Morgan fingerprint density at radius 2 is 2.04 bits per heavy atom. The molecule has 0 aliphatic rings. The number of nitrogens with zero attached hydrogens (tertiary/aromatic N) is 4. The summed E-state index contributed by atoms with van der Waals surface area (Å²) in [6, 6.07) is 10.3. The summed E-state index contributed by atoms with van der Waals surface area (Å²) in [6.07, 6.45) is 1.42. The van der Waals surface area contributed by atoms with E-state index in [1.165, 1.54) is 29.7 Å². The molecule has 0 saturated heterocycles. The Balaban J connectivity index is 1.98. The molecule has 2 aromatic heterocycles. The number of thiazole rings is 1. The zero-order chi connectivity index (χ0) is 17.8. The highest BCUT2D eigenvalue weighted by molar-refractivity contribution is 7.07. The van der Waals surface area contributed by atoms with Gasteiger partial charge in [-0.3, -0.25) is 15.1 Å². The van der Waals surface area contributed by atoms with Gasteiger partial charge in [0.15, 0.2) is 5.76 Å². The fourth-order valence-corrected chi connectivity index (χ4v) is 2.95. The van der Waals surface area contributed by atoms with E-state index >= 15 is 0 Å². The van der Waals surface area contributed by atoms with Crippen LogP contribution in [0.1, 0.15) is 5.76 Å². The van der Waals surface area contributed by atoms with E-state index in [1.807, 2.05) is 29.6 Å². The molecular weight excluding hydrogens is 344 g/mol. The predicted molar refractivity (Wildman–Crippen MR) is 94.1 cm³/mol. The van der Waals surface area contributed by atoms with Crippen LogP contribution in [0.3, 0.4) is 0 Å². The Hall–Kier alpha value is -3.20. The van der Waals surface area contributed by atoms with Gasteiger partial charge in [0.05, 0.1) is 25.1 Å². The normalized spacial score (nSPS) is 12.0. The smallest absolute Gasteiger partial charge is 0.433 e. The second-order valence-corrected chi connectivity index (χ2v) is 5.68. The summed E-state index contributed by atoms with van der Waals surface area (Å²) >= 11 is 1.44. The molecular formula is C16H14N4O4S. The summed E-state index contributed by atoms with van der Waals surface area (Å²) in [5.41, 5.74) is 1.78. The average molecular weight is 358 g/mol. The molecule has 9 heteroatoms. The van der Waals surface area contributed by atoms with Gasteiger partial charge in [0, 0.05) is 18.0 Å². The van der Waals surface area contributed by atoms with Crippen LogP contribution in [0, 0.1) is 10.1 Å². The molecule has 0 N–H and O–H groups in total. The van der Waals surface area contributed by atoms with E-state index in [0.29, 0.717) is 4.80 Å². The molecule has 0 amide bonds. The first-order valence-corrected chi connectivity index (χ1v) is 8.06. The van der Waals surface area contributed by atoms with Crippen LogP contribution >= 0.6 is 11.3 Å². The summed E-state index contributed by atoms with van der Waals surface area (Å²) in [5.74, 6) is 0.720. The quantitative estimate of drug-likeness (QED) is 0.398. The zero-order valence-corrected chi connectivity index (χ0v) is 14.3. The van der Waals surface area contributed by atoms with E-state index < -0.39 is 4.92 Å². The average Bonchev–Trinajstić information content (AvgIpc) is 3.26. The molecule has 3 rings (SSSR count). The number of benzene rings is 1. The van der Waals surface area contributed by atoms with Crippen LogP contribution in [0.15, 0.2) is 56.3 Å². The minimum Gasteiger partial charge on any atom is -0.497 e. The minimum absolute atomic E-state index is 0.285. The molecule has 2 heterocycles. The van der Waals surface area contributed by atoms with Crippen LogP contribution in [0.5, 0.6) is 5.75 Å². The molecule has 3 aromatic rings. The molecule has 0 saturated carbocycles. The molecule has 128 valence electrons. The van der Waals surface area contributed by atoms with Crippen molar-refractivity contribution in [3.05, 3.63) is 62.5 Å². The topological polar surface area (TPSA) is 95.2 Å². The first kappa shape index (κ1) is 16.7. The number of furan rings is 1. The van der Waals surface area contributed by atoms with Gasteiger partial charge in [-0.05, 0) is 30.3 Å². The standard InChI is InChI=1S/C16H14N4O4S/c1-17-16-19(18-9-13-7-8-15(24-13)20(21)22)14(10-25-16)11-3-5-12(23-2)6-4-11/h3-10H,1-2H3/b17-16?,18-9-. The second-order valence-electron chi connectivity index (χ2n) is 4.85. The number of hydrogen-bond donors (Lipinski definition) is 0. The first-order valence-electron chi connectivity index (χ1n) is 7.18. The Bertz CT molecular complexity index is 982. The molecule has 8 nitrogen and oxygen atoms in total. The number of hydrogen-bond acceptors (Lipinski definition) is 7. The van der Waals surface area contributed by atoms with Crippen molar-refractivity contribution in [1.29, 1.82) is 0 Å². The molecule has 0 aliphatic heterocycles. The summed E-state index contributed by atoms with van der Waals surface area (Å²) in [7, 11) is 3.29. The van der Waals surface area contributed by atoms with Crippen LogP contribution in [0.2, 0.25) is 0 Å². The third-order valence-corrected chi connectivity index (χ3v) is 4.26. The van der Waals surface area contributed by atoms with Gasteiger partial charge in [-0.25, -0.2) is 4.68 Å². The van der Waals surface area contributed by atoms with Gasteiger partial charge in [0.1, 0.15) is 10.7 Å². The maximum atomic E-state index is 10.7. The lowest BCUT2D eigenvalue weighted by atomic mass is 10.2. The van der Waals surface area contributed by atoms with E-state index in [4.69, 9.17) is 9.15 Å². The van der Waals surface area contributed by atoms with Gasteiger partial charge in [0.25, 0.3) is 0 Å².